The van der Waals surface area contributed by atoms with E-state index in [9.17, 15) is 0 Å². The number of ether oxygens (including phenoxy) is 1. The molecule has 0 spiro atoms. The predicted octanol–water partition coefficient (Wildman–Crippen LogP) is 3.45. The second kappa shape index (κ2) is 4.37. The molecule has 1 aromatic rings. The van der Waals surface area contributed by atoms with Crippen LogP contribution < -0.4 is 0 Å². The summed E-state index contributed by atoms with van der Waals surface area (Å²) in [6.07, 6.45) is 2.13. The molecule has 1 aromatic heterocycles. The quantitative estimate of drug-likeness (QED) is 0.803. The minimum atomic E-state index is -0.207. The summed E-state index contributed by atoms with van der Waals surface area (Å²) in [6.45, 7) is 11.3. The molecule has 94 valence electrons. The molecule has 2 rings (SSSR count). The third kappa shape index (κ3) is 2.08. The summed E-state index contributed by atoms with van der Waals surface area (Å²) in [6, 6.07) is 0. The summed E-state index contributed by atoms with van der Waals surface area (Å²) in [7, 11) is 0. The highest BCUT2D eigenvalue weighted by Crippen LogP contribution is 2.40. The third-order valence-corrected chi connectivity index (χ3v) is 3.46. The fraction of sp³-hybridized carbons (Fsp3) is 0.714. The van der Waals surface area contributed by atoms with Gasteiger partial charge in [-0.25, -0.2) is 9.97 Å². The van der Waals surface area contributed by atoms with E-state index in [-0.39, 0.29) is 5.60 Å². The van der Waals surface area contributed by atoms with Crippen LogP contribution in [0.3, 0.4) is 0 Å². The standard InChI is InChI=1S/C14H22N2O/c1-6-7-14(5)13-11(8-17-14)12(9(2)3)15-10(4)16-13/h9H,6-8H2,1-5H3. The van der Waals surface area contributed by atoms with Crippen molar-refractivity contribution in [3.63, 3.8) is 0 Å². The average molecular weight is 234 g/mol. The second-order valence-electron chi connectivity index (χ2n) is 5.41. The molecule has 0 amide bonds. The zero-order valence-corrected chi connectivity index (χ0v) is 11.5. The van der Waals surface area contributed by atoms with E-state index in [4.69, 9.17) is 4.74 Å². The molecule has 17 heavy (non-hydrogen) atoms. The summed E-state index contributed by atoms with van der Waals surface area (Å²) in [5, 5.41) is 0. The molecule has 1 aliphatic heterocycles. The van der Waals surface area contributed by atoms with Crippen molar-refractivity contribution in [1.82, 2.24) is 9.97 Å². The zero-order valence-electron chi connectivity index (χ0n) is 11.5. The lowest BCUT2D eigenvalue weighted by atomic mass is 9.92. The van der Waals surface area contributed by atoms with Crippen molar-refractivity contribution in [3.05, 3.63) is 22.8 Å². The van der Waals surface area contributed by atoms with Crippen LogP contribution in [0.25, 0.3) is 0 Å². The Hall–Kier alpha value is -0.960. The molecular weight excluding hydrogens is 212 g/mol. The summed E-state index contributed by atoms with van der Waals surface area (Å²) < 4.78 is 5.99. The Morgan fingerprint density at radius 3 is 2.65 bits per heavy atom. The summed E-state index contributed by atoms with van der Waals surface area (Å²) in [5.74, 6) is 1.29. The van der Waals surface area contributed by atoms with Crippen LogP contribution in [-0.2, 0) is 16.9 Å². The van der Waals surface area contributed by atoms with Crippen LogP contribution in [0.1, 0.15) is 69.2 Å². The fourth-order valence-electron chi connectivity index (χ4n) is 2.64. The molecule has 0 fully saturated rings. The van der Waals surface area contributed by atoms with E-state index in [1.165, 1.54) is 5.56 Å². The van der Waals surface area contributed by atoms with Gasteiger partial charge in [-0.2, -0.15) is 0 Å². The van der Waals surface area contributed by atoms with Crippen LogP contribution in [-0.4, -0.2) is 9.97 Å². The molecule has 0 saturated carbocycles. The molecule has 0 aliphatic carbocycles. The van der Waals surface area contributed by atoms with Gasteiger partial charge in [0.25, 0.3) is 0 Å². The fourth-order valence-corrected chi connectivity index (χ4v) is 2.64. The molecule has 3 nitrogen and oxygen atoms in total. The van der Waals surface area contributed by atoms with E-state index in [0.29, 0.717) is 12.5 Å². The van der Waals surface area contributed by atoms with Crippen LogP contribution in [0, 0.1) is 6.92 Å². The van der Waals surface area contributed by atoms with E-state index in [1.807, 2.05) is 6.92 Å². The van der Waals surface area contributed by atoms with Gasteiger partial charge in [-0.05, 0) is 26.2 Å². The number of fused-ring (bicyclic) bond motifs is 1. The third-order valence-electron chi connectivity index (χ3n) is 3.46. The van der Waals surface area contributed by atoms with E-state index in [0.717, 1.165) is 30.1 Å². The first-order chi connectivity index (χ1) is 7.98. The molecule has 1 atom stereocenters. The van der Waals surface area contributed by atoms with Crippen LogP contribution in [0.2, 0.25) is 0 Å². The largest absolute Gasteiger partial charge is 0.364 e. The van der Waals surface area contributed by atoms with Gasteiger partial charge in [-0.15, -0.1) is 0 Å². The Morgan fingerprint density at radius 2 is 2.06 bits per heavy atom. The SMILES string of the molecule is CCCC1(C)OCc2c(C(C)C)nc(C)nc21. The van der Waals surface area contributed by atoms with Gasteiger partial charge in [0.05, 0.1) is 18.0 Å². The van der Waals surface area contributed by atoms with Gasteiger partial charge >= 0.3 is 0 Å². The molecule has 0 bridgehead atoms. The van der Waals surface area contributed by atoms with Crippen molar-refractivity contribution in [2.75, 3.05) is 0 Å². The predicted molar refractivity (Wildman–Crippen MR) is 67.9 cm³/mol. The molecule has 0 radical (unpaired) electrons. The number of hydrogen-bond acceptors (Lipinski definition) is 3. The van der Waals surface area contributed by atoms with Crippen molar-refractivity contribution < 1.29 is 4.74 Å². The van der Waals surface area contributed by atoms with Gasteiger partial charge in [0.15, 0.2) is 0 Å². The Labute approximate surface area is 104 Å². The minimum Gasteiger partial charge on any atom is -0.364 e. The van der Waals surface area contributed by atoms with Crippen LogP contribution in [0.5, 0.6) is 0 Å². The van der Waals surface area contributed by atoms with Crippen molar-refractivity contribution in [1.29, 1.82) is 0 Å². The molecule has 0 saturated heterocycles. The smallest absolute Gasteiger partial charge is 0.125 e. The molecule has 1 aliphatic rings. The molecule has 2 heterocycles. The minimum absolute atomic E-state index is 0.207. The van der Waals surface area contributed by atoms with Crippen LogP contribution in [0.4, 0.5) is 0 Å². The van der Waals surface area contributed by atoms with Gasteiger partial charge < -0.3 is 4.74 Å². The van der Waals surface area contributed by atoms with Gasteiger partial charge in [0.1, 0.15) is 11.4 Å². The van der Waals surface area contributed by atoms with Crippen molar-refractivity contribution in [3.8, 4) is 0 Å². The molecule has 0 aromatic carbocycles. The summed E-state index contributed by atoms with van der Waals surface area (Å²) >= 11 is 0. The summed E-state index contributed by atoms with van der Waals surface area (Å²) in [4.78, 5) is 9.21. The lowest BCUT2D eigenvalue weighted by molar-refractivity contribution is -0.0323. The van der Waals surface area contributed by atoms with E-state index >= 15 is 0 Å². The van der Waals surface area contributed by atoms with Gasteiger partial charge in [-0.3, -0.25) is 0 Å². The molecule has 1 unspecified atom stereocenters. The Kier molecular flexibility index (Phi) is 3.21. The van der Waals surface area contributed by atoms with E-state index < -0.39 is 0 Å². The first-order valence-electron chi connectivity index (χ1n) is 6.49. The summed E-state index contributed by atoms with van der Waals surface area (Å²) in [5.41, 5.74) is 3.30. The first kappa shape index (κ1) is 12.5. The lowest BCUT2D eigenvalue weighted by Crippen LogP contribution is -2.22. The average Bonchev–Trinajstić information content (AvgIpc) is 2.56. The molecule has 3 heteroatoms. The highest BCUT2D eigenvalue weighted by atomic mass is 16.5. The molecule has 0 N–H and O–H groups in total. The zero-order chi connectivity index (χ0) is 12.6. The monoisotopic (exact) mass is 234 g/mol. The number of hydrogen-bond donors (Lipinski definition) is 0. The molecular formula is C14H22N2O. The van der Waals surface area contributed by atoms with Crippen molar-refractivity contribution in [2.45, 2.75) is 65.6 Å². The van der Waals surface area contributed by atoms with Gasteiger partial charge in [-0.1, -0.05) is 27.2 Å². The highest BCUT2D eigenvalue weighted by Gasteiger charge is 2.38. The van der Waals surface area contributed by atoms with E-state index in [2.05, 4.69) is 37.7 Å². The van der Waals surface area contributed by atoms with E-state index in [1.54, 1.807) is 0 Å². The maximum Gasteiger partial charge on any atom is 0.125 e. The Bertz CT molecular complexity index is 428. The van der Waals surface area contributed by atoms with Crippen molar-refractivity contribution in [2.24, 2.45) is 0 Å². The van der Waals surface area contributed by atoms with Crippen LogP contribution in [0.15, 0.2) is 0 Å². The van der Waals surface area contributed by atoms with Crippen LogP contribution >= 0.6 is 0 Å². The topological polar surface area (TPSA) is 35.0 Å². The maximum atomic E-state index is 5.99. The first-order valence-corrected chi connectivity index (χ1v) is 6.49. The maximum absolute atomic E-state index is 5.99. The number of rotatable bonds is 3. The highest BCUT2D eigenvalue weighted by molar-refractivity contribution is 5.34. The Balaban J connectivity index is 2.53. The second-order valence-corrected chi connectivity index (χ2v) is 5.41. The normalized spacial score (nSPS) is 23.2. The number of nitrogens with zero attached hydrogens (tertiary/aromatic N) is 2. The van der Waals surface area contributed by atoms with Gasteiger partial charge in [0, 0.05) is 5.56 Å². The van der Waals surface area contributed by atoms with Gasteiger partial charge in [0.2, 0.25) is 0 Å². The lowest BCUT2D eigenvalue weighted by Gasteiger charge is -2.23. The number of aromatic nitrogens is 2. The van der Waals surface area contributed by atoms with Crippen molar-refractivity contribution >= 4 is 0 Å². The Morgan fingerprint density at radius 1 is 1.35 bits per heavy atom. The number of aryl methyl sites for hydroxylation is 1.